The zero-order valence-corrected chi connectivity index (χ0v) is 19.2. The molecule has 7 nitrogen and oxygen atoms in total. The predicted octanol–water partition coefficient (Wildman–Crippen LogP) is 4.56. The molecule has 1 atom stereocenters. The Morgan fingerprint density at radius 2 is 1.60 bits per heavy atom. The first-order valence-electron chi connectivity index (χ1n) is 11.2. The largest absolute Gasteiger partial charge is 0.481 e. The van der Waals surface area contributed by atoms with Gasteiger partial charge in [0.15, 0.2) is 0 Å². The molecule has 0 heterocycles. The number of fused-ring (bicyclic) bond motifs is 3. The summed E-state index contributed by atoms with van der Waals surface area (Å²) in [7, 11) is 1.31. The normalized spacial score (nSPS) is 13.5. The van der Waals surface area contributed by atoms with E-state index in [4.69, 9.17) is 9.84 Å². The van der Waals surface area contributed by atoms with E-state index >= 15 is 0 Å². The van der Waals surface area contributed by atoms with E-state index in [-0.39, 0.29) is 31.9 Å². The molecule has 2 N–H and O–H groups in total. The van der Waals surface area contributed by atoms with E-state index in [2.05, 4.69) is 5.32 Å². The zero-order valence-electron chi connectivity index (χ0n) is 19.2. The Kier molecular flexibility index (Phi) is 8.37. The van der Waals surface area contributed by atoms with Gasteiger partial charge < -0.3 is 20.1 Å². The molecule has 35 heavy (non-hydrogen) atoms. The van der Waals surface area contributed by atoms with Crippen molar-refractivity contribution in [2.24, 2.45) is 0 Å². The summed E-state index contributed by atoms with van der Waals surface area (Å²) in [5, 5.41) is 10.7. The van der Waals surface area contributed by atoms with Gasteiger partial charge in [-0.3, -0.25) is 9.59 Å². The molecule has 3 rings (SSSR count). The monoisotopic (exact) mass is 492 g/mol. The summed E-state index contributed by atoms with van der Waals surface area (Å²) in [4.78, 5) is 36.7. The highest BCUT2D eigenvalue weighted by molar-refractivity contribution is 5.85. The fourth-order valence-electron chi connectivity index (χ4n) is 4.22. The van der Waals surface area contributed by atoms with Gasteiger partial charge in [0.25, 0.3) is 0 Å². The number of alkyl carbamates (subject to hydrolysis) is 1. The van der Waals surface area contributed by atoms with E-state index in [1.165, 1.54) is 7.05 Å². The van der Waals surface area contributed by atoms with Crippen LogP contribution in [0.3, 0.4) is 0 Å². The van der Waals surface area contributed by atoms with E-state index < -0.39 is 36.6 Å². The van der Waals surface area contributed by atoms with Crippen molar-refractivity contribution in [1.29, 1.82) is 0 Å². The number of rotatable bonds is 10. The van der Waals surface area contributed by atoms with Gasteiger partial charge in [-0.2, -0.15) is 13.2 Å². The number of benzene rings is 2. The second-order valence-electron chi connectivity index (χ2n) is 8.45. The highest BCUT2D eigenvalue weighted by Crippen LogP contribution is 2.44. The van der Waals surface area contributed by atoms with Crippen molar-refractivity contribution in [2.75, 3.05) is 20.2 Å². The van der Waals surface area contributed by atoms with Crippen LogP contribution in [0.1, 0.15) is 42.7 Å². The van der Waals surface area contributed by atoms with E-state index in [1.807, 2.05) is 48.5 Å². The quantitative estimate of drug-likeness (QED) is 0.474. The molecule has 10 heteroatoms. The van der Waals surface area contributed by atoms with Crippen LogP contribution in [0.5, 0.6) is 0 Å². The summed E-state index contributed by atoms with van der Waals surface area (Å²) in [6.07, 6.45) is -6.88. The Morgan fingerprint density at radius 1 is 1.03 bits per heavy atom. The average Bonchev–Trinajstić information content (AvgIpc) is 3.12. The van der Waals surface area contributed by atoms with Gasteiger partial charge in [-0.15, -0.1) is 0 Å². The lowest BCUT2D eigenvalue weighted by Crippen LogP contribution is -2.49. The van der Waals surface area contributed by atoms with Gasteiger partial charge in [0.2, 0.25) is 5.91 Å². The van der Waals surface area contributed by atoms with Crippen molar-refractivity contribution < 1.29 is 37.4 Å². The van der Waals surface area contributed by atoms with E-state index in [0.717, 1.165) is 27.2 Å². The number of ether oxygens (including phenoxy) is 1. The van der Waals surface area contributed by atoms with Crippen LogP contribution in [-0.4, -0.2) is 60.4 Å². The topological polar surface area (TPSA) is 95.9 Å². The number of amides is 2. The fraction of sp³-hybridized carbons (Fsp3) is 0.400. The maximum Gasteiger partial charge on any atom is 0.407 e. The van der Waals surface area contributed by atoms with Crippen LogP contribution in [0.4, 0.5) is 18.0 Å². The second kappa shape index (κ2) is 11.2. The van der Waals surface area contributed by atoms with Crippen molar-refractivity contribution in [3.63, 3.8) is 0 Å². The number of hydrogen-bond donors (Lipinski definition) is 2. The first-order chi connectivity index (χ1) is 16.6. The molecule has 2 amide bonds. The van der Waals surface area contributed by atoms with E-state index in [0.29, 0.717) is 6.42 Å². The molecule has 0 fully saturated rings. The molecular weight excluding hydrogens is 465 g/mol. The highest BCUT2D eigenvalue weighted by Gasteiger charge is 2.38. The van der Waals surface area contributed by atoms with Gasteiger partial charge >= 0.3 is 18.2 Å². The molecule has 2 aromatic carbocycles. The van der Waals surface area contributed by atoms with Gasteiger partial charge in [-0.05, 0) is 35.1 Å². The van der Waals surface area contributed by atoms with E-state index in [1.54, 1.807) is 0 Å². The molecule has 1 aliphatic carbocycles. The van der Waals surface area contributed by atoms with Crippen LogP contribution in [0.2, 0.25) is 0 Å². The standard InChI is InChI=1S/C25H27F3N2O5/c1-30(13-7-6-12-22(31)32)23(33)21(14-25(26,27)28)29-24(34)35-15-20-18-10-4-2-8-16(18)17-9-3-5-11-19(17)20/h2-5,8-11,20-21H,6-7,12-15H2,1H3,(H,29,34)(H,31,32). The molecule has 0 bridgehead atoms. The first-order valence-corrected chi connectivity index (χ1v) is 11.2. The van der Waals surface area contributed by atoms with Crippen molar-refractivity contribution in [1.82, 2.24) is 10.2 Å². The number of nitrogens with one attached hydrogen (secondary N) is 1. The Labute approximate surface area is 200 Å². The van der Waals surface area contributed by atoms with Crippen molar-refractivity contribution in [3.05, 3.63) is 59.7 Å². The van der Waals surface area contributed by atoms with E-state index in [9.17, 15) is 27.6 Å². The van der Waals surface area contributed by atoms with Crippen LogP contribution in [-0.2, 0) is 14.3 Å². The Morgan fingerprint density at radius 3 is 2.14 bits per heavy atom. The van der Waals surface area contributed by atoms with Crippen LogP contribution < -0.4 is 5.32 Å². The third kappa shape index (κ3) is 6.97. The highest BCUT2D eigenvalue weighted by atomic mass is 19.4. The fourth-order valence-corrected chi connectivity index (χ4v) is 4.22. The number of unbranched alkanes of at least 4 members (excludes halogenated alkanes) is 1. The molecule has 0 radical (unpaired) electrons. The minimum atomic E-state index is -4.69. The summed E-state index contributed by atoms with van der Waals surface area (Å²) >= 11 is 0. The molecule has 0 spiro atoms. The minimum absolute atomic E-state index is 0.0623. The maximum atomic E-state index is 13.1. The third-order valence-corrected chi connectivity index (χ3v) is 5.88. The lowest BCUT2D eigenvalue weighted by molar-refractivity contribution is -0.153. The number of alkyl halides is 3. The van der Waals surface area contributed by atoms with Crippen LogP contribution in [0, 0.1) is 0 Å². The maximum absolute atomic E-state index is 13.1. The summed E-state index contributed by atoms with van der Waals surface area (Å²) in [6, 6.07) is 13.4. The summed E-state index contributed by atoms with van der Waals surface area (Å²) in [5.74, 6) is -2.20. The first kappa shape index (κ1) is 26.1. The number of hydrogen-bond acceptors (Lipinski definition) is 4. The lowest BCUT2D eigenvalue weighted by atomic mass is 9.98. The number of carbonyl (C=O) groups excluding carboxylic acids is 2. The Hall–Kier alpha value is -3.56. The van der Waals surface area contributed by atoms with Crippen LogP contribution in [0.15, 0.2) is 48.5 Å². The van der Waals surface area contributed by atoms with Crippen LogP contribution >= 0.6 is 0 Å². The van der Waals surface area contributed by atoms with Crippen molar-refractivity contribution >= 4 is 18.0 Å². The second-order valence-corrected chi connectivity index (χ2v) is 8.45. The van der Waals surface area contributed by atoms with Crippen molar-refractivity contribution in [2.45, 2.75) is 43.8 Å². The Balaban J connectivity index is 1.63. The molecule has 0 aliphatic heterocycles. The summed E-state index contributed by atoms with van der Waals surface area (Å²) in [5.41, 5.74) is 3.91. The molecule has 0 saturated carbocycles. The van der Waals surface area contributed by atoms with Gasteiger partial charge in [0.05, 0.1) is 6.42 Å². The smallest absolute Gasteiger partial charge is 0.407 e. The molecule has 1 unspecified atom stereocenters. The minimum Gasteiger partial charge on any atom is -0.481 e. The van der Waals surface area contributed by atoms with Gasteiger partial charge in [0.1, 0.15) is 12.6 Å². The average molecular weight is 492 g/mol. The number of nitrogens with zero attached hydrogens (tertiary/aromatic N) is 1. The summed E-state index contributed by atoms with van der Waals surface area (Å²) < 4.78 is 44.6. The molecule has 2 aromatic rings. The number of halogens is 3. The molecular formula is C25H27F3N2O5. The lowest BCUT2D eigenvalue weighted by Gasteiger charge is -2.25. The number of likely N-dealkylation sites (N-methyl/N-ethyl adjacent to an activating group) is 1. The zero-order chi connectivity index (χ0) is 25.6. The number of carbonyl (C=O) groups is 3. The third-order valence-electron chi connectivity index (χ3n) is 5.88. The molecule has 188 valence electrons. The Bertz CT molecular complexity index is 1030. The molecule has 0 aromatic heterocycles. The van der Waals surface area contributed by atoms with Gasteiger partial charge in [-0.25, -0.2) is 4.79 Å². The van der Waals surface area contributed by atoms with Crippen molar-refractivity contribution in [3.8, 4) is 11.1 Å². The molecule has 1 aliphatic rings. The van der Waals surface area contributed by atoms with Gasteiger partial charge in [-0.1, -0.05) is 48.5 Å². The molecule has 0 saturated heterocycles. The summed E-state index contributed by atoms with van der Waals surface area (Å²) in [6.45, 7) is -0.0370. The van der Waals surface area contributed by atoms with Gasteiger partial charge in [0, 0.05) is 25.9 Å². The predicted molar refractivity (Wildman–Crippen MR) is 122 cm³/mol. The van der Waals surface area contributed by atoms with Crippen LogP contribution in [0.25, 0.3) is 11.1 Å². The number of carboxylic acid groups (broad SMARTS) is 1. The number of carboxylic acids is 1. The SMILES string of the molecule is CN(CCCCC(=O)O)C(=O)C(CC(F)(F)F)NC(=O)OCC1c2ccccc2-c2ccccc21. The number of aliphatic carboxylic acids is 1.